The second-order valence-corrected chi connectivity index (χ2v) is 3.45. The van der Waals surface area contributed by atoms with E-state index < -0.39 is 0 Å². The van der Waals surface area contributed by atoms with E-state index in [9.17, 15) is 0 Å². The first-order chi connectivity index (χ1) is 5.88. The molecule has 0 amide bonds. The Labute approximate surface area is 73.9 Å². The quantitative estimate of drug-likeness (QED) is 0.642. The molecule has 12 heavy (non-hydrogen) atoms. The van der Waals surface area contributed by atoms with E-state index in [1.807, 2.05) is 0 Å². The minimum absolute atomic E-state index is 0.628. The van der Waals surface area contributed by atoms with Crippen molar-refractivity contribution in [2.24, 2.45) is 17.6 Å². The molecule has 0 aromatic heterocycles. The van der Waals surface area contributed by atoms with Crippen molar-refractivity contribution in [1.29, 1.82) is 5.26 Å². The van der Waals surface area contributed by atoms with Gasteiger partial charge in [-0.05, 0) is 44.3 Å². The monoisotopic (exact) mass is 167 g/mol. The smallest absolute Gasteiger partial charge is 0.0621 e. The maximum Gasteiger partial charge on any atom is 0.0621 e. The zero-order chi connectivity index (χ0) is 8.81. The summed E-state index contributed by atoms with van der Waals surface area (Å²) in [6.45, 7) is 2.91. The van der Waals surface area contributed by atoms with Crippen molar-refractivity contribution in [3.05, 3.63) is 0 Å². The summed E-state index contributed by atoms with van der Waals surface area (Å²) in [7, 11) is 0. The van der Waals surface area contributed by atoms with Gasteiger partial charge < -0.3 is 11.1 Å². The van der Waals surface area contributed by atoms with Crippen molar-refractivity contribution >= 4 is 0 Å². The highest BCUT2D eigenvalue weighted by Crippen LogP contribution is 2.22. The zero-order valence-corrected chi connectivity index (χ0v) is 7.42. The molecule has 1 saturated heterocycles. The van der Waals surface area contributed by atoms with Crippen molar-refractivity contribution in [2.75, 3.05) is 19.6 Å². The van der Waals surface area contributed by atoms with Gasteiger partial charge in [-0.3, -0.25) is 0 Å². The van der Waals surface area contributed by atoms with Crippen LogP contribution in [-0.4, -0.2) is 19.6 Å². The predicted molar refractivity (Wildman–Crippen MR) is 48.4 cm³/mol. The molecule has 0 aliphatic carbocycles. The first kappa shape index (κ1) is 9.50. The van der Waals surface area contributed by atoms with Crippen LogP contribution in [0.25, 0.3) is 0 Å². The first-order valence-electron chi connectivity index (χ1n) is 4.66. The van der Waals surface area contributed by atoms with E-state index >= 15 is 0 Å². The van der Waals surface area contributed by atoms with Crippen LogP contribution < -0.4 is 11.1 Å². The second-order valence-electron chi connectivity index (χ2n) is 3.45. The van der Waals surface area contributed by atoms with Crippen LogP contribution in [0.15, 0.2) is 0 Å². The van der Waals surface area contributed by atoms with Gasteiger partial charge in [-0.1, -0.05) is 0 Å². The largest absolute Gasteiger partial charge is 0.330 e. The Balaban J connectivity index is 2.32. The Morgan fingerprint density at radius 3 is 3.00 bits per heavy atom. The van der Waals surface area contributed by atoms with Gasteiger partial charge in [0.15, 0.2) is 0 Å². The summed E-state index contributed by atoms with van der Waals surface area (Å²) in [6.07, 6.45) is 2.85. The molecule has 3 N–H and O–H groups in total. The zero-order valence-electron chi connectivity index (χ0n) is 7.42. The summed E-state index contributed by atoms with van der Waals surface area (Å²) in [5, 5.41) is 11.8. The average molecular weight is 167 g/mol. The van der Waals surface area contributed by atoms with Crippen LogP contribution in [0.2, 0.25) is 0 Å². The highest BCUT2D eigenvalue weighted by atomic mass is 14.9. The molecule has 0 aromatic carbocycles. The maximum atomic E-state index is 8.45. The lowest BCUT2D eigenvalue weighted by Gasteiger charge is -2.30. The molecule has 0 bridgehead atoms. The Kier molecular flexibility index (Phi) is 4.06. The molecule has 1 fully saturated rings. The van der Waals surface area contributed by atoms with Crippen molar-refractivity contribution in [3.63, 3.8) is 0 Å². The molecule has 0 aromatic rings. The summed E-state index contributed by atoms with van der Waals surface area (Å²) in [6, 6.07) is 2.19. The predicted octanol–water partition coefficient (Wildman–Crippen LogP) is 0.475. The van der Waals surface area contributed by atoms with Gasteiger partial charge in [0.25, 0.3) is 0 Å². The molecule has 68 valence electrons. The lowest BCUT2D eigenvalue weighted by molar-refractivity contribution is 0.249. The van der Waals surface area contributed by atoms with Gasteiger partial charge in [0.05, 0.1) is 6.07 Å². The van der Waals surface area contributed by atoms with E-state index in [1.165, 1.54) is 6.42 Å². The lowest BCUT2D eigenvalue weighted by Crippen LogP contribution is -2.39. The highest BCUT2D eigenvalue weighted by molar-refractivity contribution is 4.81. The van der Waals surface area contributed by atoms with E-state index in [0.717, 1.165) is 26.1 Å². The summed E-state index contributed by atoms with van der Waals surface area (Å²) in [5.41, 5.74) is 5.65. The molecule has 1 heterocycles. The molecule has 3 heteroatoms. The fraction of sp³-hybridized carbons (Fsp3) is 0.889. The third-order valence-corrected chi connectivity index (χ3v) is 2.69. The molecular weight excluding hydrogens is 150 g/mol. The topological polar surface area (TPSA) is 61.8 Å². The van der Waals surface area contributed by atoms with Gasteiger partial charge >= 0.3 is 0 Å². The number of nitrogens with two attached hydrogens (primary N) is 1. The Bertz CT molecular complexity index is 162. The number of hydrogen-bond acceptors (Lipinski definition) is 3. The molecule has 2 atom stereocenters. The second kappa shape index (κ2) is 5.13. The fourth-order valence-corrected chi connectivity index (χ4v) is 1.88. The number of nitrogens with one attached hydrogen (secondary N) is 1. The van der Waals surface area contributed by atoms with Gasteiger partial charge in [0.1, 0.15) is 0 Å². The van der Waals surface area contributed by atoms with Crippen molar-refractivity contribution in [2.45, 2.75) is 19.3 Å². The van der Waals surface area contributed by atoms with E-state index in [1.54, 1.807) is 0 Å². The maximum absolute atomic E-state index is 8.45. The van der Waals surface area contributed by atoms with Gasteiger partial charge in [0, 0.05) is 6.42 Å². The average Bonchev–Trinajstić information content (AvgIpc) is 2.15. The summed E-state index contributed by atoms with van der Waals surface area (Å²) in [4.78, 5) is 0. The molecule has 0 spiro atoms. The minimum atomic E-state index is 0.628. The minimum Gasteiger partial charge on any atom is -0.330 e. The van der Waals surface area contributed by atoms with Crippen molar-refractivity contribution in [3.8, 4) is 6.07 Å². The fourth-order valence-electron chi connectivity index (χ4n) is 1.88. The van der Waals surface area contributed by atoms with Gasteiger partial charge in [-0.15, -0.1) is 0 Å². The Hall–Kier alpha value is -0.590. The normalized spacial score (nSPS) is 29.7. The van der Waals surface area contributed by atoms with E-state index in [2.05, 4.69) is 11.4 Å². The van der Waals surface area contributed by atoms with Gasteiger partial charge in [0.2, 0.25) is 0 Å². The van der Waals surface area contributed by atoms with Crippen LogP contribution >= 0.6 is 0 Å². The van der Waals surface area contributed by atoms with E-state index in [4.69, 9.17) is 11.0 Å². The molecule has 2 unspecified atom stereocenters. The first-order valence-corrected chi connectivity index (χ1v) is 4.66. The standard InChI is InChI=1S/C9H17N3/c10-4-1-2-9-7-12-5-3-8(9)6-11/h8-9,12H,1-3,5-7,11H2. The number of nitrogens with zero attached hydrogens (tertiary/aromatic N) is 1. The van der Waals surface area contributed by atoms with E-state index in [0.29, 0.717) is 18.3 Å². The SMILES string of the molecule is N#CCCC1CNCCC1CN. The molecule has 0 saturated carbocycles. The molecule has 1 rings (SSSR count). The number of nitriles is 1. The molecule has 0 radical (unpaired) electrons. The number of piperidine rings is 1. The van der Waals surface area contributed by atoms with Crippen molar-refractivity contribution in [1.82, 2.24) is 5.32 Å². The Morgan fingerprint density at radius 2 is 2.33 bits per heavy atom. The summed E-state index contributed by atoms with van der Waals surface area (Å²) >= 11 is 0. The third kappa shape index (κ3) is 2.47. The lowest BCUT2D eigenvalue weighted by atomic mass is 9.83. The molecule has 1 aliphatic heterocycles. The van der Waals surface area contributed by atoms with Crippen LogP contribution in [0.3, 0.4) is 0 Å². The van der Waals surface area contributed by atoms with Crippen LogP contribution in [0.1, 0.15) is 19.3 Å². The van der Waals surface area contributed by atoms with Crippen LogP contribution in [0.4, 0.5) is 0 Å². The van der Waals surface area contributed by atoms with Crippen LogP contribution in [0.5, 0.6) is 0 Å². The van der Waals surface area contributed by atoms with Gasteiger partial charge in [-0.2, -0.15) is 5.26 Å². The summed E-state index contributed by atoms with van der Waals surface area (Å²) < 4.78 is 0. The Morgan fingerprint density at radius 1 is 1.50 bits per heavy atom. The summed E-state index contributed by atoms with van der Waals surface area (Å²) in [5.74, 6) is 1.27. The van der Waals surface area contributed by atoms with Crippen molar-refractivity contribution < 1.29 is 0 Å². The van der Waals surface area contributed by atoms with E-state index in [-0.39, 0.29) is 0 Å². The number of rotatable bonds is 3. The molecule has 3 nitrogen and oxygen atoms in total. The highest BCUT2D eigenvalue weighted by Gasteiger charge is 2.22. The van der Waals surface area contributed by atoms with Crippen LogP contribution in [0, 0.1) is 23.2 Å². The third-order valence-electron chi connectivity index (χ3n) is 2.69. The molecular formula is C9H17N3. The number of hydrogen-bond donors (Lipinski definition) is 2. The van der Waals surface area contributed by atoms with Gasteiger partial charge in [-0.25, -0.2) is 0 Å². The van der Waals surface area contributed by atoms with Crippen LogP contribution in [-0.2, 0) is 0 Å². The molecule has 1 aliphatic rings.